The summed E-state index contributed by atoms with van der Waals surface area (Å²) in [6.45, 7) is 20.6. The Morgan fingerprint density at radius 2 is 1.05 bits per heavy atom. The van der Waals surface area contributed by atoms with Crippen molar-refractivity contribution in [2.75, 3.05) is 13.2 Å². The van der Waals surface area contributed by atoms with Gasteiger partial charge in [0.1, 0.15) is 11.5 Å². The van der Waals surface area contributed by atoms with Crippen molar-refractivity contribution < 1.29 is 23.6 Å². The summed E-state index contributed by atoms with van der Waals surface area (Å²) in [7, 11) is -4.46. The molecule has 0 unspecified atom stereocenters. The molecule has 42 heavy (non-hydrogen) atoms. The number of hydrogen-bond donors (Lipinski definition) is 0. The van der Waals surface area contributed by atoms with Gasteiger partial charge in [0, 0.05) is 17.2 Å². The lowest BCUT2D eigenvalue weighted by Crippen LogP contribution is -2.25. The van der Waals surface area contributed by atoms with Crippen molar-refractivity contribution in [3.63, 3.8) is 0 Å². The van der Waals surface area contributed by atoms with E-state index in [0.717, 1.165) is 24.0 Å². The van der Waals surface area contributed by atoms with Gasteiger partial charge >= 0.3 is 0 Å². The van der Waals surface area contributed by atoms with Crippen LogP contribution in [-0.4, -0.2) is 24.3 Å². The van der Waals surface area contributed by atoms with Crippen molar-refractivity contribution in [2.45, 2.75) is 82.1 Å². The number of aryl methyl sites for hydroxylation is 6. The molecule has 3 rings (SSSR count). The molecule has 0 heterocycles. The Hall–Kier alpha value is -3.17. The average molecular weight is 591 g/mol. The first kappa shape index (κ1) is 33.3. The Morgan fingerprint density at radius 3 is 1.45 bits per heavy atom. The van der Waals surface area contributed by atoms with E-state index in [2.05, 4.69) is 27.7 Å². The largest absolute Gasteiger partial charge is 0.493 e. The number of carbonyl (C=O) groups is 2. The van der Waals surface area contributed by atoms with Gasteiger partial charge < -0.3 is 14.0 Å². The van der Waals surface area contributed by atoms with Crippen LogP contribution in [0.2, 0.25) is 0 Å². The van der Waals surface area contributed by atoms with Crippen LogP contribution in [0.4, 0.5) is 0 Å². The summed E-state index contributed by atoms with van der Waals surface area (Å²) in [5, 5.41) is 0.121. The van der Waals surface area contributed by atoms with E-state index in [1.54, 1.807) is 18.2 Å². The Kier molecular flexibility index (Phi) is 11.0. The van der Waals surface area contributed by atoms with Crippen molar-refractivity contribution in [3.05, 3.63) is 87.0 Å². The smallest absolute Gasteiger partial charge is 0.252 e. The van der Waals surface area contributed by atoms with Gasteiger partial charge in [-0.15, -0.1) is 0 Å². The highest BCUT2D eigenvalue weighted by Crippen LogP contribution is 2.55. The number of carbonyl (C=O) groups excluding carboxylic acids is 2. The van der Waals surface area contributed by atoms with Gasteiger partial charge in [0.15, 0.2) is 0 Å². The average Bonchev–Trinajstić information content (AvgIpc) is 2.86. The zero-order valence-corrected chi connectivity index (χ0v) is 27.9. The van der Waals surface area contributed by atoms with Crippen LogP contribution in [0.25, 0.3) is 0 Å². The maximum absolute atomic E-state index is 15.5. The molecule has 0 saturated heterocycles. The molecule has 0 N–H and O–H groups in total. The van der Waals surface area contributed by atoms with Crippen LogP contribution >= 0.6 is 7.14 Å². The molecule has 0 aliphatic heterocycles. The summed E-state index contributed by atoms with van der Waals surface area (Å²) in [6.07, 6.45) is 1.63. The standard InChI is InChI=1S/C36H47O5P/c1-22(2)13-15-40-30-11-12-32(31(21-30)41-16-14-23(3)4)42(39,35(37)33-26(7)17-24(5)18-27(33)8)36(38)34-28(9)19-25(6)20-29(34)10/h11-12,17-23H,13-16H2,1-10H3. The van der Waals surface area contributed by atoms with Crippen LogP contribution in [0, 0.1) is 53.4 Å². The molecular weight excluding hydrogens is 543 g/mol. The van der Waals surface area contributed by atoms with Gasteiger partial charge in [0.2, 0.25) is 11.0 Å². The molecule has 0 fully saturated rings. The minimum atomic E-state index is -4.46. The molecule has 6 heteroatoms. The van der Waals surface area contributed by atoms with Crippen molar-refractivity contribution in [3.8, 4) is 11.5 Å². The monoisotopic (exact) mass is 590 g/mol. The predicted octanol–water partition coefficient (Wildman–Crippen LogP) is 9.06. The molecule has 0 bridgehead atoms. The highest BCUT2D eigenvalue weighted by molar-refractivity contribution is 8.01. The minimum Gasteiger partial charge on any atom is -0.493 e. The highest BCUT2D eigenvalue weighted by atomic mass is 31.2. The second kappa shape index (κ2) is 13.9. The lowest BCUT2D eigenvalue weighted by atomic mass is 10.0. The molecule has 0 aliphatic carbocycles. The summed E-state index contributed by atoms with van der Waals surface area (Å²) < 4.78 is 27.7. The second-order valence-electron chi connectivity index (χ2n) is 12.5. The Bertz CT molecular complexity index is 1400. The van der Waals surface area contributed by atoms with Gasteiger partial charge in [-0.3, -0.25) is 9.59 Å². The maximum Gasteiger partial charge on any atom is 0.252 e. The lowest BCUT2D eigenvalue weighted by Gasteiger charge is -2.24. The first-order chi connectivity index (χ1) is 19.7. The molecule has 3 aromatic carbocycles. The molecule has 0 amide bonds. The maximum atomic E-state index is 15.5. The Balaban J connectivity index is 2.30. The van der Waals surface area contributed by atoms with Gasteiger partial charge in [0.05, 0.1) is 18.5 Å². The van der Waals surface area contributed by atoms with Crippen molar-refractivity contribution >= 4 is 23.5 Å². The van der Waals surface area contributed by atoms with E-state index in [4.69, 9.17) is 9.47 Å². The fourth-order valence-corrected chi connectivity index (χ4v) is 8.12. The van der Waals surface area contributed by atoms with Crippen molar-refractivity contribution in [1.29, 1.82) is 0 Å². The van der Waals surface area contributed by atoms with Gasteiger partial charge in [-0.1, -0.05) is 63.1 Å². The molecule has 5 nitrogen and oxygen atoms in total. The van der Waals surface area contributed by atoms with E-state index in [1.165, 1.54) is 0 Å². The van der Waals surface area contributed by atoms with Crippen LogP contribution in [0.3, 0.4) is 0 Å². The SMILES string of the molecule is Cc1cc(C)c(C(=O)P(=O)(C(=O)c2c(C)cc(C)cc2C)c2ccc(OCCC(C)C)cc2OCCC(C)C)c(C)c1. The molecule has 0 saturated carbocycles. The molecule has 0 atom stereocenters. The van der Waals surface area contributed by atoms with E-state index in [-0.39, 0.29) is 11.1 Å². The fraction of sp³-hybridized carbons (Fsp3) is 0.444. The molecule has 0 spiro atoms. The Morgan fingerprint density at radius 1 is 0.643 bits per heavy atom. The third-order valence-corrected chi connectivity index (χ3v) is 10.2. The third kappa shape index (κ3) is 7.42. The molecule has 226 valence electrons. The number of rotatable bonds is 13. The predicted molar refractivity (Wildman–Crippen MR) is 174 cm³/mol. The lowest BCUT2D eigenvalue weighted by molar-refractivity contribution is 0.103. The van der Waals surface area contributed by atoms with Crippen molar-refractivity contribution in [2.24, 2.45) is 11.8 Å². The van der Waals surface area contributed by atoms with Crippen LogP contribution < -0.4 is 14.8 Å². The summed E-state index contributed by atoms with van der Waals surface area (Å²) >= 11 is 0. The molecule has 0 aromatic heterocycles. The van der Waals surface area contributed by atoms with E-state index in [1.807, 2.05) is 65.8 Å². The summed E-state index contributed by atoms with van der Waals surface area (Å²) in [5.74, 6) is 1.66. The summed E-state index contributed by atoms with van der Waals surface area (Å²) in [6, 6.07) is 12.6. The zero-order chi connectivity index (χ0) is 31.4. The molecule has 3 aromatic rings. The number of hydrogen-bond acceptors (Lipinski definition) is 5. The van der Waals surface area contributed by atoms with Crippen LogP contribution in [0.15, 0.2) is 42.5 Å². The minimum absolute atomic E-state index is 0.121. The van der Waals surface area contributed by atoms with Crippen LogP contribution in [0.5, 0.6) is 11.5 Å². The fourth-order valence-electron chi connectivity index (χ4n) is 5.44. The van der Waals surface area contributed by atoms with Crippen molar-refractivity contribution in [1.82, 2.24) is 0 Å². The topological polar surface area (TPSA) is 69.7 Å². The van der Waals surface area contributed by atoms with Gasteiger partial charge in [-0.2, -0.15) is 0 Å². The zero-order valence-electron chi connectivity index (χ0n) is 27.0. The molecule has 0 radical (unpaired) electrons. The third-order valence-electron chi connectivity index (χ3n) is 7.54. The normalized spacial score (nSPS) is 11.7. The highest BCUT2D eigenvalue weighted by Gasteiger charge is 2.46. The first-order valence-electron chi connectivity index (χ1n) is 14.9. The summed E-state index contributed by atoms with van der Waals surface area (Å²) in [4.78, 5) is 29.2. The molecular formula is C36H47O5P. The van der Waals surface area contributed by atoms with Gasteiger partial charge in [-0.25, -0.2) is 0 Å². The number of ether oxygens (including phenoxy) is 2. The first-order valence-corrected chi connectivity index (χ1v) is 16.6. The van der Waals surface area contributed by atoms with E-state index >= 15 is 4.57 Å². The number of benzene rings is 3. The van der Waals surface area contributed by atoms with Gasteiger partial charge in [-0.05, 0) is 101 Å². The quantitative estimate of drug-likeness (QED) is 0.186. The van der Waals surface area contributed by atoms with Crippen LogP contribution in [0.1, 0.15) is 94.6 Å². The van der Waals surface area contributed by atoms with E-state index in [9.17, 15) is 9.59 Å². The van der Waals surface area contributed by atoms with Crippen LogP contribution in [-0.2, 0) is 4.57 Å². The summed E-state index contributed by atoms with van der Waals surface area (Å²) in [5.41, 5.74) is 4.08. The van der Waals surface area contributed by atoms with E-state index in [0.29, 0.717) is 64.2 Å². The Labute approximate surface area is 252 Å². The molecule has 0 aliphatic rings. The van der Waals surface area contributed by atoms with Gasteiger partial charge in [0.25, 0.3) is 7.14 Å². The second-order valence-corrected chi connectivity index (χ2v) is 15.0. The van der Waals surface area contributed by atoms with E-state index < -0.39 is 18.2 Å².